The van der Waals surface area contributed by atoms with Crippen molar-refractivity contribution in [2.24, 2.45) is 5.73 Å². The molecule has 1 amide bonds. The Morgan fingerprint density at radius 2 is 2.14 bits per heavy atom. The monoisotopic (exact) mass is 289 g/mol. The Bertz CT molecular complexity index is 724. The van der Waals surface area contributed by atoms with Gasteiger partial charge in [-0.2, -0.15) is 0 Å². The van der Waals surface area contributed by atoms with Crippen LogP contribution in [0.2, 0.25) is 0 Å². The number of para-hydroxylation sites is 1. The molecule has 0 spiro atoms. The van der Waals surface area contributed by atoms with Gasteiger partial charge in [-0.1, -0.05) is 18.2 Å². The highest BCUT2D eigenvalue weighted by Crippen LogP contribution is 2.20. The largest absolute Gasteiger partial charge is 0.501 e. The van der Waals surface area contributed by atoms with Gasteiger partial charge in [-0.15, -0.1) is 0 Å². The Hall–Kier alpha value is -2.83. The Labute approximate surface area is 120 Å². The van der Waals surface area contributed by atoms with E-state index in [1.165, 1.54) is 0 Å². The lowest BCUT2D eigenvalue weighted by molar-refractivity contribution is 0.0992. The first-order valence-electron chi connectivity index (χ1n) is 6.35. The van der Waals surface area contributed by atoms with Crippen molar-refractivity contribution < 1.29 is 14.6 Å². The fourth-order valence-electron chi connectivity index (χ4n) is 1.90. The number of nitrogens with zero attached hydrogens (tertiary/aromatic N) is 1. The van der Waals surface area contributed by atoms with Gasteiger partial charge in [0.15, 0.2) is 5.69 Å². The maximum atomic E-state index is 11.6. The lowest BCUT2D eigenvalue weighted by Gasteiger charge is -2.10. The van der Waals surface area contributed by atoms with Crippen molar-refractivity contribution >= 4 is 5.91 Å². The molecule has 1 heterocycles. The number of aromatic amines is 1. The number of hydrogen-bond donors (Lipinski definition) is 3. The molecule has 4 N–H and O–H groups in total. The van der Waals surface area contributed by atoms with Crippen molar-refractivity contribution in [3.8, 4) is 11.5 Å². The lowest BCUT2D eigenvalue weighted by atomic mass is 10.1. The van der Waals surface area contributed by atoms with E-state index in [2.05, 4.69) is 9.97 Å². The number of carbonyl (C=O) groups is 1. The third-order valence-electron chi connectivity index (χ3n) is 2.81. The van der Waals surface area contributed by atoms with Crippen LogP contribution >= 0.6 is 0 Å². The number of H-pyrrole nitrogens is 1. The molecule has 7 nitrogen and oxygen atoms in total. The SMILES string of the molecule is CCOc1ccccc1Cc1nc(C(N)=O)c(O)c(=O)[nH]1. The minimum atomic E-state index is -0.960. The molecule has 110 valence electrons. The molecule has 0 aliphatic carbocycles. The van der Waals surface area contributed by atoms with E-state index in [4.69, 9.17) is 10.5 Å². The number of benzene rings is 1. The molecule has 2 aromatic rings. The van der Waals surface area contributed by atoms with Crippen LogP contribution in [0.3, 0.4) is 0 Å². The van der Waals surface area contributed by atoms with Gasteiger partial charge in [0.25, 0.3) is 11.5 Å². The zero-order valence-corrected chi connectivity index (χ0v) is 11.4. The van der Waals surface area contributed by atoms with Gasteiger partial charge < -0.3 is 20.6 Å². The fourth-order valence-corrected chi connectivity index (χ4v) is 1.90. The summed E-state index contributed by atoms with van der Waals surface area (Å²) >= 11 is 0. The van der Waals surface area contributed by atoms with E-state index in [-0.39, 0.29) is 12.2 Å². The van der Waals surface area contributed by atoms with Crippen LogP contribution in [0.5, 0.6) is 11.5 Å². The van der Waals surface area contributed by atoms with Crippen LogP contribution in [-0.2, 0) is 6.42 Å². The first-order valence-corrected chi connectivity index (χ1v) is 6.35. The number of ether oxygens (including phenoxy) is 1. The van der Waals surface area contributed by atoms with Crippen molar-refractivity contribution in [1.29, 1.82) is 0 Å². The summed E-state index contributed by atoms with van der Waals surface area (Å²) in [4.78, 5) is 29.1. The van der Waals surface area contributed by atoms with Crippen LogP contribution < -0.4 is 16.0 Å². The van der Waals surface area contributed by atoms with Crippen molar-refractivity contribution in [3.05, 3.63) is 51.7 Å². The molecule has 0 bridgehead atoms. The van der Waals surface area contributed by atoms with Gasteiger partial charge in [-0.05, 0) is 13.0 Å². The molecule has 0 aliphatic heterocycles. The number of hydrogen-bond acceptors (Lipinski definition) is 5. The Morgan fingerprint density at radius 3 is 2.81 bits per heavy atom. The summed E-state index contributed by atoms with van der Waals surface area (Å²) in [6, 6.07) is 7.27. The molecule has 0 fully saturated rings. The molecule has 0 saturated carbocycles. The molecule has 0 aliphatic rings. The second-order valence-electron chi connectivity index (χ2n) is 4.29. The van der Waals surface area contributed by atoms with Gasteiger partial charge in [0.05, 0.1) is 6.61 Å². The van der Waals surface area contributed by atoms with Crippen LogP contribution in [0.4, 0.5) is 0 Å². The van der Waals surface area contributed by atoms with Crippen LogP contribution in [-0.4, -0.2) is 27.6 Å². The van der Waals surface area contributed by atoms with E-state index in [0.717, 1.165) is 5.56 Å². The zero-order valence-electron chi connectivity index (χ0n) is 11.4. The molecule has 0 saturated heterocycles. The molecule has 21 heavy (non-hydrogen) atoms. The average molecular weight is 289 g/mol. The number of nitrogens with two attached hydrogens (primary N) is 1. The number of aromatic hydroxyl groups is 1. The number of nitrogens with one attached hydrogen (secondary N) is 1. The maximum Gasteiger partial charge on any atom is 0.293 e. The standard InChI is InChI=1S/C14H15N3O4/c1-2-21-9-6-4-3-5-8(9)7-10-16-11(13(15)19)12(18)14(20)17-10/h3-6,18H,2,7H2,1H3,(H2,15,19)(H,16,17,20). The normalized spacial score (nSPS) is 10.3. The van der Waals surface area contributed by atoms with Crippen molar-refractivity contribution in [2.75, 3.05) is 6.61 Å². The quantitative estimate of drug-likeness (QED) is 0.743. The topological polar surface area (TPSA) is 118 Å². The predicted molar refractivity (Wildman–Crippen MR) is 75.5 cm³/mol. The minimum absolute atomic E-state index is 0.221. The Balaban J connectivity index is 2.41. The highest BCUT2D eigenvalue weighted by atomic mass is 16.5. The van der Waals surface area contributed by atoms with Crippen LogP contribution in [0, 0.1) is 0 Å². The van der Waals surface area contributed by atoms with Gasteiger partial charge in [0.1, 0.15) is 11.6 Å². The van der Waals surface area contributed by atoms with E-state index in [0.29, 0.717) is 12.4 Å². The third kappa shape index (κ3) is 3.19. The predicted octanol–water partition coefficient (Wildman–Crippen LogP) is 0.564. The smallest absolute Gasteiger partial charge is 0.293 e. The Morgan fingerprint density at radius 1 is 1.43 bits per heavy atom. The summed E-state index contributed by atoms with van der Waals surface area (Å²) in [7, 11) is 0. The average Bonchev–Trinajstić information content (AvgIpc) is 2.44. The highest BCUT2D eigenvalue weighted by molar-refractivity contribution is 5.93. The lowest BCUT2D eigenvalue weighted by Crippen LogP contribution is -2.21. The summed E-state index contributed by atoms with van der Waals surface area (Å²) in [5.41, 5.74) is 4.63. The number of rotatable bonds is 5. The van der Waals surface area contributed by atoms with Gasteiger partial charge in [0, 0.05) is 12.0 Å². The second kappa shape index (κ2) is 6.08. The molecule has 1 aromatic carbocycles. The van der Waals surface area contributed by atoms with E-state index < -0.39 is 22.9 Å². The van der Waals surface area contributed by atoms with Gasteiger partial charge in [-0.3, -0.25) is 9.59 Å². The van der Waals surface area contributed by atoms with E-state index in [1.54, 1.807) is 6.07 Å². The van der Waals surface area contributed by atoms with Crippen molar-refractivity contribution in [1.82, 2.24) is 9.97 Å². The van der Waals surface area contributed by atoms with Crippen LogP contribution in [0.25, 0.3) is 0 Å². The summed E-state index contributed by atoms with van der Waals surface area (Å²) in [6.07, 6.45) is 0.242. The first-order chi connectivity index (χ1) is 10.0. The van der Waals surface area contributed by atoms with Crippen LogP contribution in [0.1, 0.15) is 28.8 Å². The number of carbonyl (C=O) groups excluding carboxylic acids is 1. The molecule has 1 aromatic heterocycles. The van der Waals surface area contributed by atoms with E-state index >= 15 is 0 Å². The van der Waals surface area contributed by atoms with Crippen molar-refractivity contribution in [3.63, 3.8) is 0 Å². The maximum absolute atomic E-state index is 11.6. The summed E-state index contributed by atoms with van der Waals surface area (Å²) < 4.78 is 5.48. The van der Waals surface area contributed by atoms with Crippen molar-refractivity contribution in [2.45, 2.75) is 13.3 Å². The number of aromatic nitrogens is 2. The molecule has 0 atom stereocenters. The number of amides is 1. The van der Waals surface area contributed by atoms with Crippen LogP contribution in [0.15, 0.2) is 29.1 Å². The summed E-state index contributed by atoms with van der Waals surface area (Å²) in [6.45, 7) is 2.37. The summed E-state index contributed by atoms with van der Waals surface area (Å²) in [5, 5.41) is 9.47. The molecule has 7 heteroatoms. The molecular weight excluding hydrogens is 274 g/mol. The first kappa shape index (κ1) is 14.6. The zero-order chi connectivity index (χ0) is 15.4. The second-order valence-corrected chi connectivity index (χ2v) is 4.29. The summed E-state index contributed by atoms with van der Waals surface area (Å²) in [5.74, 6) is -0.850. The Kier molecular flexibility index (Phi) is 4.22. The van der Waals surface area contributed by atoms with Gasteiger partial charge in [-0.25, -0.2) is 4.98 Å². The fraction of sp³-hybridized carbons (Fsp3) is 0.214. The minimum Gasteiger partial charge on any atom is -0.501 e. The van der Waals surface area contributed by atoms with Gasteiger partial charge >= 0.3 is 0 Å². The van der Waals surface area contributed by atoms with Gasteiger partial charge in [0.2, 0.25) is 5.75 Å². The molecule has 0 unspecified atom stereocenters. The number of primary amides is 1. The van der Waals surface area contributed by atoms with E-state index in [9.17, 15) is 14.7 Å². The highest BCUT2D eigenvalue weighted by Gasteiger charge is 2.16. The third-order valence-corrected chi connectivity index (χ3v) is 2.81. The molecular formula is C14H15N3O4. The molecule has 2 rings (SSSR count). The molecule has 0 radical (unpaired) electrons. The van der Waals surface area contributed by atoms with E-state index in [1.807, 2.05) is 25.1 Å².